The van der Waals surface area contributed by atoms with Crippen molar-refractivity contribution < 1.29 is 13.2 Å². The minimum Gasteiger partial charge on any atom is -0.326 e. The van der Waals surface area contributed by atoms with Crippen LogP contribution in [0, 0.1) is 6.92 Å². The van der Waals surface area contributed by atoms with Crippen molar-refractivity contribution in [1.29, 1.82) is 0 Å². The standard InChI is InChI=1S/C21H23N3O3S/c1-16-6-11-19(28(26,27)23(2)3)15-20(16)22-21(25)14-17-7-9-18(10-8-17)24-12-4-5-13-24/h4-13,15H,14H2,1-3H3,(H,22,25). The molecule has 1 N–H and O–H groups in total. The number of anilines is 1. The molecular formula is C21H23N3O3S. The van der Waals surface area contributed by atoms with Crippen LogP contribution in [0.15, 0.2) is 71.9 Å². The number of benzene rings is 2. The Labute approximate surface area is 165 Å². The van der Waals surface area contributed by atoms with Gasteiger partial charge in [-0.25, -0.2) is 12.7 Å². The van der Waals surface area contributed by atoms with Crippen LogP contribution in [0.1, 0.15) is 11.1 Å². The van der Waals surface area contributed by atoms with E-state index in [-0.39, 0.29) is 17.2 Å². The topological polar surface area (TPSA) is 71.4 Å². The smallest absolute Gasteiger partial charge is 0.242 e. The molecule has 0 bridgehead atoms. The number of aromatic nitrogens is 1. The van der Waals surface area contributed by atoms with E-state index >= 15 is 0 Å². The van der Waals surface area contributed by atoms with Gasteiger partial charge in [-0.3, -0.25) is 4.79 Å². The number of nitrogens with zero attached hydrogens (tertiary/aromatic N) is 2. The average molecular weight is 398 g/mol. The first-order chi connectivity index (χ1) is 13.3. The number of aryl methyl sites for hydroxylation is 1. The van der Waals surface area contributed by atoms with E-state index in [1.54, 1.807) is 12.1 Å². The fraction of sp³-hybridized carbons (Fsp3) is 0.190. The fourth-order valence-electron chi connectivity index (χ4n) is 2.78. The molecule has 2 aromatic carbocycles. The lowest BCUT2D eigenvalue weighted by molar-refractivity contribution is -0.115. The maximum Gasteiger partial charge on any atom is 0.242 e. The molecule has 0 radical (unpaired) electrons. The van der Waals surface area contributed by atoms with Gasteiger partial charge in [0.1, 0.15) is 0 Å². The monoisotopic (exact) mass is 397 g/mol. The number of carbonyl (C=O) groups is 1. The van der Waals surface area contributed by atoms with Crippen LogP contribution in [-0.4, -0.2) is 37.3 Å². The van der Waals surface area contributed by atoms with Crippen LogP contribution in [-0.2, 0) is 21.2 Å². The molecule has 0 aliphatic heterocycles. The summed E-state index contributed by atoms with van der Waals surface area (Å²) in [5.74, 6) is -0.198. The highest BCUT2D eigenvalue weighted by atomic mass is 32.2. The molecule has 0 spiro atoms. The maximum absolute atomic E-state index is 12.5. The Balaban J connectivity index is 1.73. The van der Waals surface area contributed by atoms with Crippen LogP contribution < -0.4 is 5.32 Å². The largest absolute Gasteiger partial charge is 0.326 e. The molecule has 7 heteroatoms. The maximum atomic E-state index is 12.5. The molecule has 0 aliphatic carbocycles. The minimum absolute atomic E-state index is 0.148. The van der Waals surface area contributed by atoms with Crippen LogP contribution in [0.3, 0.4) is 0 Å². The summed E-state index contributed by atoms with van der Waals surface area (Å²) in [5, 5.41) is 2.83. The summed E-state index contributed by atoms with van der Waals surface area (Å²) in [5.41, 5.74) is 3.20. The summed E-state index contributed by atoms with van der Waals surface area (Å²) in [4.78, 5) is 12.6. The van der Waals surface area contributed by atoms with Crippen molar-refractivity contribution in [1.82, 2.24) is 8.87 Å². The molecule has 0 saturated heterocycles. The number of hydrogen-bond donors (Lipinski definition) is 1. The number of nitrogens with one attached hydrogen (secondary N) is 1. The second-order valence-corrected chi connectivity index (χ2v) is 8.90. The third kappa shape index (κ3) is 4.32. The van der Waals surface area contributed by atoms with E-state index < -0.39 is 10.0 Å². The molecule has 0 aliphatic rings. The Morgan fingerprint density at radius 1 is 1.04 bits per heavy atom. The Morgan fingerprint density at radius 2 is 1.68 bits per heavy atom. The Hall–Kier alpha value is -2.90. The Bertz CT molecular complexity index is 1070. The zero-order valence-corrected chi connectivity index (χ0v) is 16.9. The summed E-state index contributed by atoms with van der Waals surface area (Å²) in [7, 11) is -0.603. The summed E-state index contributed by atoms with van der Waals surface area (Å²) < 4.78 is 27.8. The van der Waals surface area contributed by atoms with E-state index in [1.807, 2.05) is 60.3 Å². The van der Waals surface area contributed by atoms with Crippen molar-refractivity contribution in [3.8, 4) is 5.69 Å². The second kappa shape index (κ2) is 8.00. The molecule has 6 nitrogen and oxygen atoms in total. The van der Waals surface area contributed by atoms with Crippen molar-refractivity contribution in [2.45, 2.75) is 18.2 Å². The first-order valence-electron chi connectivity index (χ1n) is 8.83. The summed E-state index contributed by atoms with van der Waals surface area (Å²) in [6, 6.07) is 16.4. The number of rotatable bonds is 6. The molecule has 146 valence electrons. The van der Waals surface area contributed by atoms with Crippen molar-refractivity contribution in [2.75, 3.05) is 19.4 Å². The fourth-order valence-corrected chi connectivity index (χ4v) is 3.71. The molecule has 1 aromatic heterocycles. The number of amides is 1. The highest BCUT2D eigenvalue weighted by molar-refractivity contribution is 7.89. The van der Waals surface area contributed by atoms with E-state index in [2.05, 4.69) is 5.32 Å². The summed E-state index contributed by atoms with van der Waals surface area (Å²) >= 11 is 0. The Kier molecular flexibility index (Phi) is 5.67. The number of sulfonamides is 1. The third-order valence-electron chi connectivity index (χ3n) is 4.47. The lowest BCUT2D eigenvalue weighted by atomic mass is 10.1. The van der Waals surface area contributed by atoms with Gasteiger partial charge in [0.2, 0.25) is 15.9 Å². The predicted molar refractivity (Wildman–Crippen MR) is 110 cm³/mol. The van der Waals surface area contributed by atoms with Crippen LogP contribution in [0.4, 0.5) is 5.69 Å². The van der Waals surface area contributed by atoms with Gasteiger partial charge in [0.15, 0.2) is 0 Å². The van der Waals surface area contributed by atoms with Crippen molar-refractivity contribution >= 4 is 21.6 Å². The van der Waals surface area contributed by atoms with Gasteiger partial charge in [-0.2, -0.15) is 0 Å². The molecule has 0 atom stereocenters. The quantitative estimate of drug-likeness (QED) is 0.694. The van der Waals surface area contributed by atoms with E-state index in [1.165, 1.54) is 20.2 Å². The predicted octanol–water partition coefficient (Wildman–Crippen LogP) is 3.22. The lowest BCUT2D eigenvalue weighted by Gasteiger charge is -2.14. The second-order valence-electron chi connectivity index (χ2n) is 6.75. The van der Waals surface area contributed by atoms with Crippen molar-refractivity contribution in [3.05, 3.63) is 78.1 Å². The minimum atomic E-state index is -3.56. The van der Waals surface area contributed by atoms with E-state index in [0.717, 1.165) is 21.1 Å². The summed E-state index contributed by atoms with van der Waals surface area (Å²) in [6.07, 6.45) is 4.12. The molecule has 28 heavy (non-hydrogen) atoms. The number of carbonyl (C=O) groups excluding carboxylic acids is 1. The first kappa shape index (κ1) is 19.9. The van der Waals surface area contributed by atoms with Gasteiger partial charge in [0, 0.05) is 37.9 Å². The van der Waals surface area contributed by atoms with Crippen molar-refractivity contribution in [3.63, 3.8) is 0 Å². The SMILES string of the molecule is Cc1ccc(S(=O)(=O)N(C)C)cc1NC(=O)Cc1ccc(-n2cccc2)cc1. The van der Waals surface area contributed by atoms with Gasteiger partial charge in [-0.1, -0.05) is 18.2 Å². The Morgan fingerprint density at radius 3 is 2.29 bits per heavy atom. The molecule has 0 saturated carbocycles. The van der Waals surface area contributed by atoms with Gasteiger partial charge in [-0.15, -0.1) is 0 Å². The van der Waals surface area contributed by atoms with Crippen LogP contribution in [0.5, 0.6) is 0 Å². The third-order valence-corrected chi connectivity index (χ3v) is 6.28. The molecule has 1 amide bonds. The van der Waals surface area contributed by atoms with E-state index in [4.69, 9.17) is 0 Å². The van der Waals surface area contributed by atoms with E-state index in [9.17, 15) is 13.2 Å². The molecular weight excluding hydrogens is 374 g/mol. The van der Waals surface area contributed by atoms with E-state index in [0.29, 0.717) is 5.69 Å². The van der Waals surface area contributed by atoms with Gasteiger partial charge in [0.05, 0.1) is 11.3 Å². The molecule has 0 fully saturated rings. The van der Waals surface area contributed by atoms with Gasteiger partial charge in [0.25, 0.3) is 0 Å². The zero-order valence-electron chi connectivity index (χ0n) is 16.1. The number of hydrogen-bond acceptors (Lipinski definition) is 3. The molecule has 3 rings (SSSR count). The highest BCUT2D eigenvalue weighted by Gasteiger charge is 2.18. The molecule has 3 aromatic rings. The van der Waals surface area contributed by atoms with Crippen LogP contribution in [0.25, 0.3) is 5.69 Å². The van der Waals surface area contributed by atoms with Gasteiger partial charge >= 0.3 is 0 Å². The normalized spacial score (nSPS) is 11.6. The van der Waals surface area contributed by atoms with Crippen molar-refractivity contribution in [2.24, 2.45) is 0 Å². The van der Waals surface area contributed by atoms with Crippen LogP contribution >= 0.6 is 0 Å². The van der Waals surface area contributed by atoms with Crippen LogP contribution in [0.2, 0.25) is 0 Å². The first-order valence-corrected chi connectivity index (χ1v) is 10.3. The van der Waals surface area contributed by atoms with Gasteiger partial charge in [-0.05, 0) is 54.4 Å². The summed E-state index contributed by atoms with van der Waals surface area (Å²) in [6.45, 7) is 1.83. The lowest BCUT2D eigenvalue weighted by Crippen LogP contribution is -2.22. The highest BCUT2D eigenvalue weighted by Crippen LogP contribution is 2.22. The zero-order chi connectivity index (χ0) is 20.3. The van der Waals surface area contributed by atoms with Gasteiger partial charge < -0.3 is 9.88 Å². The molecule has 0 unspecified atom stereocenters. The average Bonchev–Trinajstić information content (AvgIpc) is 3.18. The molecule has 1 heterocycles.